The molecule has 0 atom stereocenters. The van der Waals surface area contributed by atoms with Gasteiger partial charge in [-0.05, 0) is 24.3 Å². The fourth-order valence-corrected chi connectivity index (χ4v) is 2.84. The molecular formula is C13H10N4OS2. The highest BCUT2D eigenvalue weighted by molar-refractivity contribution is 7.13. The first-order valence-corrected chi connectivity index (χ1v) is 7.50. The van der Waals surface area contributed by atoms with Crippen molar-refractivity contribution < 1.29 is 4.79 Å². The van der Waals surface area contributed by atoms with E-state index in [2.05, 4.69) is 15.3 Å². The van der Waals surface area contributed by atoms with Gasteiger partial charge in [-0.1, -0.05) is 0 Å². The Morgan fingerprint density at radius 2 is 2.00 bits per heavy atom. The second-order valence-electron chi connectivity index (χ2n) is 3.94. The van der Waals surface area contributed by atoms with Crippen LogP contribution in [-0.2, 0) is 0 Å². The topological polar surface area (TPSA) is 80.9 Å². The molecule has 0 saturated heterocycles. The number of benzene rings is 1. The maximum Gasteiger partial charge on any atom is 0.275 e. The van der Waals surface area contributed by atoms with Gasteiger partial charge >= 0.3 is 0 Å². The monoisotopic (exact) mass is 302 g/mol. The van der Waals surface area contributed by atoms with Crippen molar-refractivity contribution in [2.75, 3.05) is 11.1 Å². The van der Waals surface area contributed by atoms with Crippen molar-refractivity contribution in [3.05, 3.63) is 46.9 Å². The van der Waals surface area contributed by atoms with Crippen LogP contribution >= 0.6 is 22.7 Å². The normalized spacial score (nSPS) is 10.4. The number of rotatable bonds is 3. The SMILES string of the molecule is Nc1nc(C(=O)Nc2ccc(-c3nccs3)cc2)cs1. The van der Waals surface area contributed by atoms with E-state index in [0.717, 1.165) is 10.6 Å². The van der Waals surface area contributed by atoms with Crippen LogP contribution in [0.25, 0.3) is 10.6 Å². The Morgan fingerprint density at radius 1 is 1.20 bits per heavy atom. The number of carbonyl (C=O) groups is 1. The number of anilines is 2. The standard InChI is InChI=1S/C13H10N4OS2/c14-13-17-10(7-20-13)11(18)16-9-3-1-8(2-4-9)12-15-5-6-19-12/h1-7H,(H2,14,17)(H,16,18). The minimum absolute atomic E-state index is 0.264. The van der Waals surface area contributed by atoms with Gasteiger partial charge in [0.1, 0.15) is 10.7 Å². The van der Waals surface area contributed by atoms with Crippen molar-refractivity contribution in [3.8, 4) is 10.6 Å². The van der Waals surface area contributed by atoms with Crippen LogP contribution in [0.4, 0.5) is 10.8 Å². The average Bonchev–Trinajstić information content (AvgIpc) is 3.10. The smallest absolute Gasteiger partial charge is 0.275 e. The molecule has 1 aromatic carbocycles. The number of aromatic nitrogens is 2. The Balaban J connectivity index is 1.74. The van der Waals surface area contributed by atoms with Crippen molar-refractivity contribution in [3.63, 3.8) is 0 Å². The second-order valence-corrected chi connectivity index (χ2v) is 5.72. The molecule has 0 spiro atoms. The third-order valence-corrected chi connectivity index (χ3v) is 4.07. The predicted molar refractivity (Wildman–Crippen MR) is 82.0 cm³/mol. The highest BCUT2D eigenvalue weighted by atomic mass is 32.1. The first kappa shape index (κ1) is 12.8. The van der Waals surface area contributed by atoms with Crippen molar-refractivity contribution in [1.29, 1.82) is 0 Å². The number of hydrogen-bond acceptors (Lipinski definition) is 6. The molecule has 0 unspecified atom stereocenters. The summed E-state index contributed by atoms with van der Waals surface area (Å²) in [5.74, 6) is -0.264. The molecule has 0 aliphatic heterocycles. The van der Waals surface area contributed by atoms with E-state index in [1.165, 1.54) is 11.3 Å². The first-order chi connectivity index (χ1) is 9.72. The molecule has 5 nitrogen and oxygen atoms in total. The van der Waals surface area contributed by atoms with Gasteiger partial charge in [-0.15, -0.1) is 22.7 Å². The van der Waals surface area contributed by atoms with E-state index in [4.69, 9.17) is 5.73 Å². The number of thiazole rings is 2. The molecule has 2 aromatic heterocycles. The van der Waals surface area contributed by atoms with Crippen LogP contribution < -0.4 is 11.1 Å². The van der Waals surface area contributed by atoms with E-state index in [1.807, 2.05) is 29.6 Å². The summed E-state index contributed by atoms with van der Waals surface area (Å²) in [6, 6.07) is 7.52. The largest absolute Gasteiger partial charge is 0.375 e. The number of hydrogen-bond donors (Lipinski definition) is 2. The lowest BCUT2D eigenvalue weighted by molar-refractivity contribution is 0.102. The number of nitrogens with one attached hydrogen (secondary N) is 1. The van der Waals surface area contributed by atoms with Crippen LogP contribution in [0.1, 0.15) is 10.5 Å². The zero-order chi connectivity index (χ0) is 13.9. The van der Waals surface area contributed by atoms with Crippen LogP contribution in [0.2, 0.25) is 0 Å². The summed E-state index contributed by atoms with van der Waals surface area (Å²) in [5, 5.41) is 7.68. The summed E-state index contributed by atoms with van der Waals surface area (Å²) in [6.45, 7) is 0. The molecule has 0 bridgehead atoms. The Kier molecular flexibility index (Phi) is 3.44. The van der Waals surface area contributed by atoms with Crippen LogP contribution in [-0.4, -0.2) is 15.9 Å². The highest BCUT2D eigenvalue weighted by Crippen LogP contribution is 2.23. The third kappa shape index (κ3) is 2.68. The lowest BCUT2D eigenvalue weighted by Crippen LogP contribution is -2.12. The Bertz CT molecular complexity index is 719. The van der Waals surface area contributed by atoms with Gasteiger partial charge in [0.2, 0.25) is 0 Å². The lowest BCUT2D eigenvalue weighted by atomic mass is 10.2. The molecule has 3 rings (SSSR count). The molecule has 0 aliphatic rings. The predicted octanol–water partition coefficient (Wildman–Crippen LogP) is 3.10. The van der Waals surface area contributed by atoms with E-state index in [0.29, 0.717) is 16.5 Å². The van der Waals surface area contributed by atoms with E-state index < -0.39 is 0 Å². The van der Waals surface area contributed by atoms with Gasteiger partial charge in [0.05, 0.1) is 0 Å². The molecule has 100 valence electrons. The average molecular weight is 302 g/mol. The van der Waals surface area contributed by atoms with Gasteiger partial charge in [-0.25, -0.2) is 9.97 Å². The van der Waals surface area contributed by atoms with Gasteiger partial charge in [0.15, 0.2) is 5.13 Å². The van der Waals surface area contributed by atoms with Crippen LogP contribution in [0.3, 0.4) is 0 Å². The Labute approximate surface area is 123 Å². The van der Waals surface area contributed by atoms with Crippen molar-refractivity contribution in [2.24, 2.45) is 0 Å². The van der Waals surface area contributed by atoms with Gasteiger partial charge in [0, 0.05) is 28.2 Å². The highest BCUT2D eigenvalue weighted by Gasteiger charge is 2.10. The molecule has 20 heavy (non-hydrogen) atoms. The molecular weight excluding hydrogens is 292 g/mol. The molecule has 7 heteroatoms. The molecule has 0 aliphatic carbocycles. The van der Waals surface area contributed by atoms with Crippen molar-refractivity contribution in [1.82, 2.24) is 9.97 Å². The molecule has 3 aromatic rings. The molecule has 1 amide bonds. The number of nitrogens with zero attached hydrogens (tertiary/aromatic N) is 2. The van der Waals surface area contributed by atoms with Crippen LogP contribution in [0.5, 0.6) is 0 Å². The second kappa shape index (κ2) is 5.40. The van der Waals surface area contributed by atoms with E-state index in [9.17, 15) is 4.79 Å². The molecule has 0 radical (unpaired) electrons. The van der Waals surface area contributed by atoms with Crippen molar-refractivity contribution >= 4 is 39.4 Å². The number of nitrogen functional groups attached to an aromatic ring is 1. The molecule has 3 N–H and O–H groups in total. The van der Waals surface area contributed by atoms with E-state index >= 15 is 0 Å². The molecule has 0 saturated carbocycles. The van der Waals surface area contributed by atoms with Crippen LogP contribution in [0, 0.1) is 0 Å². The number of amides is 1. The zero-order valence-electron chi connectivity index (χ0n) is 10.2. The third-order valence-electron chi connectivity index (χ3n) is 2.58. The number of nitrogens with two attached hydrogens (primary N) is 1. The van der Waals surface area contributed by atoms with Gasteiger partial charge in [0.25, 0.3) is 5.91 Å². The van der Waals surface area contributed by atoms with Gasteiger partial charge in [-0.2, -0.15) is 0 Å². The van der Waals surface area contributed by atoms with Crippen molar-refractivity contribution in [2.45, 2.75) is 0 Å². The van der Waals surface area contributed by atoms with E-state index in [1.54, 1.807) is 22.9 Å². The Morgan fingerprint density at radius 3 is 2.60 bits per heavy atom. The maximum absolute atomic E-state index is 11.9. The summed E-state index contributed by atoms with van der Waals surface area (Å²) in [4.78, 5) is 20.1. The summed E-state index contributed by atoms with van der Waals surface area (Å²) in [6.07, 6.45) is 1.77. The molecule has 0 fully saturated rings. The zero-order valence-corrected chi connectivity index (χ0v) is 11.9. The summed E-state index contributed by atoms with van der Waals surface area (Å²) in [7, 11) is 0. The number of carbonyl (C=O) groups excluding carboxylic acids is 1. The summed E-state index contributed by atoms with van der Waals surface area (Å²) in [5.41, 5.74) is 7.57. The minimum Gasteiger partial charge on any atom is -0.375 e. The van der Waals surface area contributed by atoms with Gasteiger partial charge < -0.3 is 11.1 Å². The lowest BCUT2D eigenvalue weighted by Gasteiger charge is -2.04. The maximum atomic E-state index is 11.9. The Hall–Kier alpha value is -2.25. The molecule has 2 heterocycles. The fraction of sp³-hybridized carbons (Fsp3) is 0. The van der Waals surface area contributed by atoms with E-state index in [-0.39, 0.29) is 5.91 Å². The first-order valence-electron chi connectivity index (χ1n) is 5.74. The quantitative estimate of drug-likeness (QED) is 0.779. The van der Waals surface area contributed by atoms with Gasteiger partial charge in [-0.3, -0.25) is 4.79 Å². The van der Waals surface area contributed by atoms with Crippen LogP contribution in [0.15, 0.2) is 41.2 Å². The fourth-order valence-electron chi connectivity index (χ4n) is 1.65. The summed E-state index contributed by atoms with van der Waals surface area (Å²) < 4.78 is 0. The summed E-state index contributed by atoms with van der Waals surface area (Å²) >= 11 is 2.82. The minimum atomic E-state index is -0.264.